The van der Waals surface area contributed by atoms with Gasteiger partial charge >= 0.3 is 6.09 Å². The van der Waals surface area contributed by atoms with E-state index in [-0.39, 0.29) is 52.8 Å². The Balaban J connectivity index is 1.08. The fraction of sp³-hybridized carbons (Fsp3) is 0.760. The van der Waals surface area contributed by atoms with Crippen LogP contribution in [0.3, 0.4) is 0 Å². The molecule has 1 unspecified atom stereocenters. The lowest BCUT2D eigenvalue weighted by Gasteiger charge is -2.71. The van der Waals surface area contributed by atoms with E-state index in [4.69, 9.17) is 4.74 Å². The van der Waals surface area contributed by atoms with E-state index < -0.39 is 39.6 Å². The molecular weight excluding hydrogens is 733 g/mol. The predicted molar refractivity (Wildman–Crippen MR) is 221 cm³/mol. The van der Waals surface area contributed by atoms with Crippen LogP contribution < -0.4 is 0 Å². The summed E-state index contributed by atoms with van der Waals surface area (Å²) >= 11 is 0. The van der Waals surface area contributed by atoms with Gasteiger partial charge in [-0.2, -0.15) is 0 Å². The molecule has 7 fully saturated rings. The molecule has 1 aromatic rings. The van der Waals surface area contributed by atoms with Crippen LogP contribution in [0.4, 0.5) is 13.6 Å². The number of rotatable bonds is 8. The molecular formula is C50H69F2NO5. The van der Waals surface area contributed by atoms with Gasteiger partial charge in [0.15, 0.2) is 17.4 Å². The lowest BCUT2D eigenvalue weighted by atomic mass is 9.32. The normalized spacial score (nSPS) is 45.7. The highest BCUT2D eigenvalue weighted by Gasteiger charge is 2.74. The molecule has 10 aliphatic rings. The van der Waals surface area contributed by atoms with Crippen molar-refractivity contribution in [2.45, 2.75) is 150 Å². The fourth-order valence-corrected chi connectivity index (χ4v) is 15.8. The summed E-state index contributed by atoms with van der Waals surface area (Å²) in [4.78, 5) is 31.6. The minimum Gasteiger partial charge on any atom is -0.446 e. The van der Waals surface area contributed by atoms with Crippen molar-refractivity contribution < 1.29 is 33.3 Å². The minimum absolute atomic E-state index is 0.0607. The number of hydrogen-bond acceptors (Lipinski definition) is 5. The molecule has 1 aromatic carbocycles. The Morgan fingerprint density at radius 3 is 2.33 bits per heavy atom. The molecule has 0 heterocycles. The third-order valence-corrected chi connectivity index (χ3v) is 19.5. The number of aliphatic hydroxyl groups excluding tert-OH is 1. The van der Waals surface area contributed by atoms with Crippen molar-refractivity contribution in [3.05, 3.63) is 59.2 Å². The third kappa shape index (κ3) is 5.70. The number of carbonyl (C=O) groups excluding carboxylic acids is 2. The topological polar surface area (TPSA) is 87.1 Å². The number of fused-ring (bicyclic) bond motifs is 3. The quantitative estimate of drug-likeness (QED) is 0.202. The molecule has 6 nitrogen and oxygen atoms in total. The van der Waals surface area contributed by atoms with E-state index in [0.29, 0.717) is 67.4 Å². The van der Waals surface area contributed by atoms with Gasteiger partial charge in [-0.25, -0.2) is 13.6 Å². The molecule has 318 valence electrons. The van der Waals surface area contributed by atoms with Gasteiger partial charge in [0.2, 0.25) is 0 Å². The number of ketones is 1. The number of halogens is 2. The maximum absolute atomic E-state index is 14.9. The highest BCUT2D eigenvalue weighted by molar-refractivity contribution is 6.10. The minimum atomic E-state index is -1.24. The first-order chi connectivity index (χ1) is 27.3. The summed E-state index contributed by atoms with van der Waals surface area (Å²) in [6.07, 6.45) is 16.9. The van der Waals surface area contributed by atoms with Gasteiger partial charge in [-0.15, -0.1) is 0 Å². The van der Waals surface area contributed by atoms with E-state index in [1.54, 1.807) is 0 Å². The van der Waals surface area contributed by atoms with Crippen molar-refractivity contribution in [1.82, 2.24) is 4.90 Å². The molecule has 0 saturated heterocycles. The molecule has 0 aromatic heterocycles. The molecule has 1 amide bonds. The van der Waals surface area contributed by atoms with E-state index in [0.717, 1.165) is 63.0 Å². The predicted octanol–water partition coefficient (Wildman–Crippen LogP) is 10.7. The standard InChI is InChI=1S/C50H69F2NO5/c1-29(2)35-12-8-30(3)22-40(35)58-44(56)53(27-32-9-11-33-24-36(32)45(33,4)5)28-49(57)19-16-42-47(49,7)18-15-41-46(6)17-14-34(54)25-48(46)20-21-50(41,42)37(26-48)43(55)31-10-13-38(51)39(52)23-31/h10,13,20-21,23,26,29-30,32-36,40-42,54,57H,8-9,11-12,14-19,22,24-25,27-28H2,1-7H3/t30-,32-,33-,34?,35+,36-,40-,41+,42+,46+,47-,48-,49+,50+/m0/s1. The highest BCUT2D eigenvalue weighted by atomic mass is 19.2. The van der Waals surface area contributed by atoms with Crippen LogP contribution in [0.25, 0.3) is 0 Å². The second kappa shape index (κ2) is 13.7. The third-order valence-electron chi connectivity index (χ3n) is 19.5. The van der Waals surface area contributed by atoms with E-state index in [2.05, 4.69) is 66.7 Å². The number of allylic oxidation sites excluding steroid dienone is 4. The summed E-state index contributed by atoms with van der Waals surface area (Å²) in [5.41, 5.74) is -2.44. The van der Waals surface area contributed by atoms with Crippen molar-refractivity contribution >= 4 is 11.9 Å². The Hall–Kier alpha value is -2.58. The number of carbonyl (C=O) groups is 2. The van der Waals surface area contributed by atoms with Crippen molar-refractivity contribution in [3.63, 3.8) is 0 Å². The van der Waals surface area contributed by atoms with Gasteiger partial charge in [0.25, 0.3) is 0 Å². The largest absolute Gasteiger partial charge is 0.446 e. The number of nitrogens with zero attached hydrogens (tertiary/aromatic N) is 1. The summed E-state index contributed by atoms with van der Waals surface area (Å²) in [5.74, 6) is 0.404. The van der Waals surface area contributed by atoms with Gasteiger partial charge in [0, 0.05) is 33.9 Å². The van der Waals surface area contributed by atoms with Crippen LogP contribution in [0.2, 0.25) is 0 Å². The summed E-state index contributed by atoms with van der Waals surface area (Å²) in [6, 6.07) is 3.44. The number of hydrogen-bond donors (Lipinski definition) is 2. The molecule has 7 saturated carbocycles. The zero-order valence-corrected chi connectivity index (χ0v) is 36.2. The van der Waals surface area contributed by atoms with Gasteiger partial charge in [0.1, 0.15) is 6.10 Å². The zero-order chi connectivity index (χ0) is 41.4. The Labute approximate surface area is 345 Å². The van der Waals surface area contributed by atoms with Crippen molar-refractivity contribution in [1.29, 1.82) is 0 Å². The molecule has 2 N–H and O–H groups in total. The first-order valence-electron chi connectivity index (χ1n) is 23.1. The van der Waals surface area contributed by atoms with Crippen LogP contribution in [-0.2, 0) is 4.74 Å². The van der Waals surface area contributed by atoms with Gasteiger partial charge in [-0.05, 0) is 153 Å². The summed E-state index contributed by atoms with van der Waals surface area (Å²) < 4.78 is 35.6. The molecule has 8 heteroatoms. The van der Waals surface area contributed by atoms with Crippen molar-refractivity contribution in [3.8, 4) is 0 Å². The summed E-state index contributed by atoms with van der Waals surface area (Å²) in [6.45, 7) is 16.8. The van der Waals surface area contributed by atoms with E-state index >= 15 is 0 Å². The summed E-state index contributed by atoms with van der Waals surface area (Å²) in [5, 5.41) is 24.5. The Morgan fingerprint density at radius 2 is 1.62 bits per heavy atom. The monoisotopic (exact) mass is 802 g/mol. The highest BCUT2D eigenvalue weighted by Crippen LogP contribution is 2.78. The van der Waals surface area contributed by atoms with E-state index in [1.165, 1.54) is 18.9 Å². The second-order valence-electron chi connectivity index (χ2n) is 22.6. The molecule has 11 rings (SSSR count). The average Bonchev–Trinajstić information content (AvgIpc) is 3.44. The maximum atomic E-state index is 14.9. The van der Waals surface area contributed by atoms with Gasteiger partial charge in [-0.3, -0.25) is 4.79 Å². The first-order valence-corrected chi connectivity index (χ1v) is 23.1. The van der Waals surface area contributed by atoms with Crippen molar-refractivity contribution in [2.75, 3.05) is 13.1 Å². The van der Waals surface area contributed by atoms with Crippen LogP contribution in [-0.4, -0.2) is 57.9 Å². The number of benzene rings is 1. The van der Waals surface area contributed by atoms with Crippen LogP contribution in [0.5, 0.6) is 0 Å². The average molecular weight is 802 g/mol. The smallest absolute Gasteiger partial charge is 0.410 e. The Morgan fingerprint density at radius 1 is 0.897 bits per heavy atom. The van der Waals surface area contributed by atoms with E-state index in [1.807, 2.05) is 4.90 Å². The van der Waals surface area contributed by atoms with Gasteiger partial charge in [0.05, 0.1) is 18.2 Å². The molecule has 14 atom stereocenters. The maximum Gasteiger partial charge on any atom is 0.410 e. The SMILES string of the molecule is CC(C)[C@H]1CC[C@H](C)C[C@@H]1OC(=O)N(C[C@@H]1CC[C@H]2C[C@@H]1C2(C)C)C[C@]1(O)CC[C@H]2[C@]34C=C[C@@]5(C=C3C(=O)c3ccc(F)c(F)c3)CC(O)CC[C@]5(C)[C@H]4CC[C@@]21C. The van der Waals surface area contributed by atoms with Crippen molar-refractivity contribution in [2.24, 2.45) is 74.4 Å². The first kappa shape index (κ1) is 40.8. The number of aliphatic hydroxyl groups is 2. The van der Waals surface area contributed by atoms with E-state index in [9.17, 15) is 28.6 Å². The Bertz CT molecular complexity index is 1910. The second-order valence-corrected chi connectivity index (χ2v) is 22.6. The molecule has 0 radical (unpaired) electrons. The number of ether oxygens (including phenoxy) is 1. The molecule has 2 spiro atoms. The van der Waals surface area contributed by atoms with Crippen LogP contribution in [0.1, 0.15) is 142 Å². The zero-order valence-electron chi connectivity index (χ0n) is 36.2. The molecule has 0 aliphatic heterocycles. The van der Waals surface area contributed by atoms with Gasteiger partial charge < -0.3 is 19.8 Å². The number of Topliss-reactive ketones (excluding diaryl/α,β-unsaturated/α-hetero) is 1. The van der Waals surface area contributed by atoms with Crippen LogP contribution in [0.15, 0.2) is 42.0 Å². The lowest BCUT2D eigenvalue weighted by molar-refractivity contribution is -0.177. The van der Waals surface area contributed by atoms with Gasteiger partial charge in [-0.1, -0.05) is 73.1 Å². The Kier molecular flexibility index (Phi) is 9.65. The molecule has 4 bridgehead atoms. The molecule has 10 aliphatic carbocycles. The molecule has 58 heavy (non-hydrogen) atoms. The van der Waals surface area contributed by atoms with Crippen LogP contribution in [0, 0.1) is 86.1 Å². The summed E-state index contributed by atoms with van der Waals surface area (Å²) in [7, 11) is 0. The lowest BCUT2D eigenvalue weighted by Crippen LogP contribution is -2.67. The fourth-order valence-electron chi connectivity index (χ4n) is 15.8. The number of amides is 1. The van der Waals surface area contributed by atoms with Crippen LogP contribution >= 0.6 is 0 Å².